The maximum Gasteiger partial charge on any atom is 0.289 e. The average molecular weight is 285 g/mol. The van der Waals surface area contributed by atoms with Crippen molar-refractivity contribution in [2.45, 2.75) is 6.42 Å². The van der Waals surface area contributed by atoms with Crippen molar-refractivity contribution in [1.82, 2.24) is 9.21 Å². The minimum atomic E-state index is -3.23. The van der Waals surface area contributed by atoms with Gasteiger partial charge in [-0.15, -0.1) is 0 Å². The molecule has 2 rings (SSSR count). The van der Waals surface area contributed by atoms with E-state index in [1.165, 1.54) is 10.6 Å². The van der Waals surface area contributed by atoms with E-state index in [4.69, 9.17) is 4.42 Å². The molecule has 0 N–H and O–H groups in total. The molecule has 1 saturated heterocycles. The number of hydrogen-bond donors (Lipinski definition) is 0. The number of furan rings is 1. The van der Waals surface area contributed by atoms with Crippen molar-refractivity contribution in [3.63, 3.8) is 0 Å². The second-order valence-electron chi connectivity index (χ2n) is 4.34. The van der Waals surface area contributed by atoms with E-state index in [2.05, 4.69) is 6.92 Å². The Morgan fingerprint density at radius 3 is 2.53 bits per heavy atom. The van der Waals surface area contributed by atoms with E-state index in [0.717, 1.165) is 0 Å². The number of hydrogen-bond acceptors (Lipinski definition) is 4. The van der Waals surface area contributed by atoms with Crippen LogP contribution in [0.5, 0.6) is 0 Å². The first-order valence-electron chi connectivity index (χ1n) is 6.14. The summed E-state index contributed by atoms with van der Waals surface area (Å²) in [4.78, 5) is 13.6. The Bertz CT molecular complexity index is 516. The van der Waals surface area contributed by atoms with Crippen molar-refractivity contribution in [3.8, 4) is 0 Å². The maximum atomic E-state index is 12.0. The zero-order chi connectivity index (χ0) is 13.9. The van der Waals surface area contributed by atoms with Crippen LogP contribution in [0.4, 0.5) is 0 Å². The molecule has 105 valence electrons. The molecule has 6 nitrogen and oxygen atoms in total. The van der Waals surface area contributed by atoms with Crippen LogP contribution in [-0.2, 0) is 10.0 Å². The Labute approximate surface area is 113 Å². The Morgan fingerprint density at radius 1 is 1.32 bits per heavy atom. The van der Waals surface area contributed by atoms with Gasteiger partial charge in [-0.1, -0.05) is 6.92 Å². The average Bonchev–Trinajstić information content (AvgIpc) is 2.92. The molecule has 0 unspecified atom stereocenters. The Kier molecular flexibility index (Phi) is 4.26. The predicted octanol–water partition coefficient (Wildman–Crippen LogP) is 0.591. The second kappa shape index (κ2) is 5.75. The van der Waals surface area contributed by atoms with Gasteiger partial charge in [-0.05, 0) is 18.6 Å². The number of sulfonamides is 1. The molecule has 0 bridgehead atoms. The molecule has 0 saturated carbocycles. The topological polar surface area (TPSA) is 70.8 Å². The molecule has 1 aliphatic rings. The lowest BCUT2D eigenvalue weighted by Crippen LogP contribution is -2.50. The van der Waals surface area contributed by atoms with Gasteiger partial charge in [0.05, 0.1) is 12.0 Å². The van der Waals surface area contributed by atoms with Crippen LogP contribution in [0.2, 0.25) is 0 Å². The highest BCUT2D eigenvalue weighted by molar-refractivity contribution is 7.89. The van der Waals surface area contributed by atoms with Gasteiger partial charge >= 0.3 is 0 Å². The lowest BCUT2D eigenvalue weighted by Gasteiger charge is -2.33. The van der Waals surface area contributed by atoms with Gasteiger partial charge < -0.3 is 9.32 Å². The summed E-state index contributed by atoms with van der Waals surface area (Å²) < 4.78 is 30.2. The van der Waals surface area contributed by atoms with Crippen molar-refractivity contribution in [3.05, 3.63) is 31.1 Å². The van der Waals surface area contributed by atoms with Crippen LogP contribution in [0.25, 0.3) is 0 Å². The predicted molar refractivity (Wildman–Crippen MR) is 69.9 cm³/mol. The number of piperazine rings is 1. The van der Waals surface area contributed by atoms with Gasteiger partial charge in [0.15, 0.2) is 5.76 Å². The summed E-state index contributed by atoms with van der Waals surface area (Å²) in [5, 5.41) is 0. The summed E-state index contributed by atoms with van der Waals surface area (Å²) in [5.74, 6) is 0.146. The first-order valence-corrected chi connectivity index (χ1v) is 7.75. The van der Waals surface area contributed by atoms with Gasteiger partial charge in [-0.25, -0.2) is 8.42 Å². The molecule has 0 atom stereocenters. The van der Waals surface area contributed by atoms with E-state index in [1.807, 2.05) is 0 Å². The highest BCUT2D eigenvalue weighted by atomic mass is 32.2. The van der Waals surface area contributed by atoms with Crippen molar-refractivity contribution < 1.29 is 17.6 Å². The molecule has 1 aliphatic heterocycles. The Balaban J connectivity index is 1.94. The van der Waals surface area contributed by atoms with Gasteiger partial charge in [0.1, 0.15) is 0 Å². The Morgan fingerprint density at radius 2 is 2.00 bits per heavy atom. The van der Waals surface area contributed by atoms with Crippen LogP contribution in [0.15, 0.2) is 22.8 Å². The highest BCUT2D eigenvalue weighted by Gasteiger charge is 2.29. The molecule has 0 aliphatic carbocycles. The molecule has 1 fully saturated rings. The minimum Gasteiger partial charge on any atom is -0.459 e. The summed E-state index contributed by atoms with van der Waals surface area (Å²) in [6.45, 7) is 4.99. The van der Waals surface area contributed by atoms with Crippen molar-refractivity contribution >= 4 is 15.9 Å². The van der Waals surface area contributed by atoms with E-state index in [-0.39, 0.29) is 17.4 Å². The third-order valence-electron chi connectivity index (χ3n) is 3.05. The van der Waals surface area contributed by atoms with Crippen LogP contribution in [0.3, 0.4) is 0 Å². The molecule has 7 heteroatoms. The summed E-state index contributed by atoms with van der Waals surface area (Å²) in [6, 6.07) is 3.26. The minimum absolute atomic E-state index is 0.0547. The van der Waals surface area contributed by atoms with Crippen LogP contribution in [0.1, 0.15) is 17.0 Å². The maximum absolute atomic E-state index is 12.0. The zero-order valence-electron chi connectivity index (χ0n) is 10.6. The number of amides is 1. The van der Waals surface area contributed by atoms with Gasteiger partial charge in [0.2, 0.25) is 10.0 Å². The first-order chi connectivity index (χ1) is 9.04. The molecule has 1 amide bonds. The molecule has 2 heterocycles. The molecular weight excluding hydrogens is 268 g/mol. The monoisotopic (exact) mass is 285 g/mol. The van der Waals surface area contributed by atoms with E-state index >= 15 is 0 Å². The number of rotatable bonds is 4. The van der Waals surface area contributed by atoms with Crippen LogP contribution in [-0.4, -0.2) is 55.5 Å². The lowest BCUT2D eigenvalue weighted by molar-refractivity contribution is 0.0666. The number of nitrogens with zero attached hydrogens (tertiary/aromatic N) is 2. The molecule has 0 aromatic carbocycles. The molecule has 1 aromatic heterocycles. The van der Waals surface area contributed by atoms with Gasteiger partial charge in [0, 0.05) is 26.2 Å². The Hall–Kier alpha value is -1.34. The van der Waals surface area contributed by atoms with E-state index in [9.17, 15) is 13.2 Å². The molecule has 1 aromatic rings. The summed E-state index contributed by atoms with van der Waals surface area (Å²) >= 11 is 0. The zero-order valence-corrected chi connectivity index (χ0v) is 11.4. The van der Waals surface area contributed by atoms with Crippen LogP contribution in [0, 0.1) is 6.92 Å². The standard InChI is InChI=1S/C12H17N2O4S/c1-2-10-19(16,17)14-7-5-13(6-8-14)12(15)11-4-3-9-18-11/h3-4,9H,1-2,5-8,10H2. The quantitative estimate of drug-likeness (QED) is 0.812. The fraction of sp³-hybridized carbons (Fsp3) is 0.500. The highest BCUT2D eigenvalue weighted by Crippen LogP contribution is 2.12. The van der Waals surface area contributed by atoms with Gasteiger partial charge in [0.25, 0.3) is 5.91 Å². The van der Waals surface area contributed by atoms with Crippen molar-refractivity contribution in [2.24, 2.45) is 0 Å². The third kappa shape index (κ3) is 3.16. The fourth-order valence-electron chi connectivity index (χ4n) is 2.04. The molecule has 1 radical (unpaired) electrons. The van der Waals surface area contributed by atoms with E-state index < -0.39 is 10.0 Å². The van der Waals surface area contributed by atoms with Crippen LogP contribution < -0.4 is 0 Å². The van der Waals surface area contributed by atoms with E-state index in [1.54, 1.807) is 17.0 Å². The summed E-state index contributed by atoms with van der Waals surface area (Å²) in [7, 11) is -3.23. The second-order valence-corrected chi connectivity index (χ2v) is 6.43. The smallest absolute Gasteiger partial charge is 0.289 e. The fourth-order valence-corrected chi connectivity index (χ4v) is 3.38. The normalized spacial score (nSPS) is 17.6. The summed E-state index contributed by atoms with van der Waals surface area (Å²) in [6.07, 6.45) is 1.80. The number of carbonyl (C=O) groups is 1. The molecular formula is C12H17N2O4S. The number of carbonyl (C=O) groups excluding carboxylic acids is 1. The largest absolute Gasteiger partial charge is 0.459 e. The molecule has 19 heavy (non-hydrogen) atoms. The SMILES string of the molecule is [CH2]CCS(=O)(=O)N1CCN(C(=O)c2ccco2)CC1. The third-order valence-corrected chi connectivity index (χ3v) is 5.01. The first kappa shape index (κ1) is 14.1. The van der Waals surface area contributed by atoms with Gasteiger partial charge in [-0.2, -0.15) is 4.31 Å². The van der Waals surface area contributed by atoms with Gasteiger partial charge in [-0.3, -0.25) is 4.79 Å². The summed E-state index contributed by atoms with van der Waals surface area (Å²) in [5.41, 5.74) is 0. The van der Waals surface area contributed by atoms with Crippen molar-refractivity contribution in [2.75, 3.05) is 31.9 Å². The van der Waals surface area contributed by atoms with E-state index in [0.29, 0.717) is 32.6 Å². The van der Waals surface area contributed by atoms with Crippen molar-refractivity contribution in [1.29, 1.82) is 0 Å². The lowest BCUT2D eigenvalue weighted by atomic mass is 10.3. The van der Waals surface area contributed by atoms with Crippen LogP contribution >= 0.6 is 0 Å². The molecule has 0 spiro atoms.